The van der Waals surface area contributed by atoms with E-state index in [1.54, 1.807) is 41.5 Å². The van der Waals surface area contributed by atoms with Crippen LogP contribution >= 0.6 is 11.6 Å². The predicted molar refractivity (Wildman–Crippen MR) is 119 cm³/mol. The van der Waals surface area contributed by atoms with E-state index in [4.69, 9.17) is 16.0 Å². The number of nitrogens with zero attached hydrogens (tertiary/aromatic N) is 1. The van der Waals surface area contributed by atoms with E-state index in [9.17, 15) is 9.59 Å². The highest BCUT2D eigenvalue weighted by Gasteiger charge is 2.30. The van der Waals surface area contributed by atoms with Gasteiger partial charge in [-0.3, -0.25) is 9.59 Å². The Balaban J connectivity index is 1.90. The van der Waals surface area contributed by atoms with Crippen LogP contribution in [0.2, 0.25) is 5.02 Å². The van der Waals surface area contributed by atoms with Crippen LogP contribution < -0.4 is 10.2 Å². The second-order valence-corrected chi connectivity index (χ2v) is 7.92. The highest BCUT2D eigenvalue weighted by Crippen LogP contribution is 2.22. The molecule has 5 nitrogen and oxygen atoms in total. The van der Waals surface area contributed by atoms with Crippen LogP contribution in [0.3, 0.4) is 0 Å². The van der Waals surface area contributed by atoms with Gasteiger partial charge in [0.15, 0.2) is 0 Å². The van der Waals surface area contributed by atoms with Gasteiger partial charge in [0.1, 0.15) is 11.8 Å². The maximum Gasteiger partial charge on any atom is 0.253 e. The van der Waals surface area contributed by atoms with Crippen molar-refractivity contribution in [1.29, 1.82) is 0 Å². The van der Waals surface area contributed by atoms with Crippen molar-refractivity contribution in [3.8, 4) is 0 Å². The molecular weight excluding hydrogens is 400 g/mol. The number of aryl methyl sites for hydroxylation is 1. The number of nitrogens with one attached hydrogen (secondary N) is 1. The SMILES string of the molecule is Cc1ccc(N(Cc2ccco2)C(=O)[C@@H](NC(=O)c2ccccc2Cl)C(C)C)cc1. The van der Waals surface area contributed by atoms with Gasteiger partial charge in [-0.1, -0.05) is 55.3 Å². The first-order chi connectivity index (χ1) is 14.4. The molecule has 1 heterocycles. The Hall–Kier alpha value is -3.05. The van der Waals surface area contributed by atoms with Crippen molar-refractivity contribution in [2.75, 3.05) is 4.90 Å². The summed E-state index contributed by atoms with van der Waals surface area (Å²) >= 11 is 6.16. The molecule has 2 amide bonds. The topological polar surface area (TPSA) is 62.6 Å². The van der Waals surface area contributed by atoms with Crippen LogP contribution in [0.5, 0.6) is 0 Å². The zero-order valence-electron chi connectivity index (χ0n) is 17.3. The normalized spacial score (nSPS) is 11.9. The molecule has 1 atom stereocenters. The predicted octanol–water partition coefficient (Wildman–Crippen LogP) is 5.23. The molecule has 0 saturated heterocycles. The number of rotatable bonds is 7. The highest BCUT2D eigenvalue weighted by molar-refractivity contribution is 6.33. The number of carbonyl (C=O) groups is 2. The van der Waals surface area contributed by atoms with Gasteiger partial charge in [-0.05, 0) is 49.2 Å². The summed E-state index contributed by atoms with van der Waals surface area (Å²) in [5, 5.41) is 3.21. The second kappa shape index (κ2) is 9.63. The van der Waals surface area contributed by atoms with Gasteiger partial charge in [-0.25, -0.2) is 0 Å². The van der Waals surface area contributed by atoms with Gasteiger partial charge in [0.05, 0.1) is 23.4 Å². The van der Waals surface area contributed by atoms with Gasteiger partial charge in [-0.2, -0.15) is 0 Å². The fraction of sp³-hybridized carbons (Fsp3) is 0.250. The summed E-state index contributed by atoms with van der Waals surface area (Å²) in [6, 6.07) is 17.3. The van der Waals surface area contributed by atoms with Crippen LogP contribution in [0.25, 0.3) is 0 Å². The fourth-order valence-electron chi connectivity index (χ4n) is 3.13. The summed E-state index contributed by atoms with van der Waals surface area (Å²) < 4.78 is 5.47. The number of carbonyl (C=O) groups excluding carboxylic acids is 2. The molecular formula is C24H25ClN2O3. The number of amides is 2. The van der Waals surface area contributed by atoms with E-state index in [0.29, 0.717) is 16.3 Å². The first-order valence-electron chi connectivity index (χ1n) is 9.82. The Morgan fingerprint density at radius 2 is 1.73 bits per heavy atom. The zero-order chi connectivity index (χ0) is 21.7. The number of hydrogen-bond acceptors (Lipinski definition) is 3. The van der Waals surface area contributed by atoms with E-state index in [0.717, 1.165) is 11.3 Å². The zero-order valence-corrected chi connectivity index (χ0v) is 18.0. The van der Waals surface area contributed by atoms with Crippen molar-refractivity contribution in [1.82, 2.24) is 5.32 Å². The van der Waals surface area contributed by atoms with Gasteiger partial charge in [-0.15, -0.1) is 0 Å². The second-order valence-electron chi connectivity index (χ2n) is 7.51. The fourth-order valence-corrected chi connectivity index (χ4v) is 3.35. The van der Waals surface area contributed by atoms with Gasteiger partial charge in [0, 0.05) is 5.69 Å². The Kier molecular flexibility index (Phi) is 6.95. The van der Waals surface area contributed by atoms with Crippen molar-refractivity contribution < 1.29 is 14.0 Å². The van der Waals surface area contributed by atoms with Gasteiger partial charge in [0.25, 0.3) is 5.91 Å². The lowest BCUT2D eigenvalue weighted by Crippen LogP contribution is -2.51. The largest absolute Gasteiger partial charge is 0.467 e. The number of anilines is 1. The molecule has 156 valence electrons. The van der Waals surface area contributed by atoms with Crippen LogP contribution in [0.15, 0.2) is 71.3 Å². The van der Waals surface area contributed by atoms with Crippen molar-refractivity contribution in [3.63, 3.8) is 0 Å². The molecule has 0 aliphatic rings. The lowest BCUT2D eigenvalue weighted by molar-refractivity contribution is -0.121. The van der Waals surface area contributed by atoms with Crippen molar-refractivity contribution in [2.45, 2.75) is 33.4 Å². The third-order valence-electron chi connectivity index (χ3n) is 4.84. The van der Waals surface area contributed by atoms with E-state index in [1.165, 1.54) is 0 Å². The van der Waals surface area contributed by atoms with Gasteiger partial charge in [0.2, 0.25) is 5.91 Å². The molecule has 0 unspecified atom stereocenters. The van der Waals surface area contributed by atoms with Crippen LogP contribution in [-0.2, 0) is 11.3 Å². The van der Waals surface area contributed by atoms with Gasteiger partial charge < -0.3 is 14.6 Å². The summed E-state index contributed by atoms with van der Waals surface area (Å²) in [5.41, 5.74) is 2.17. The molecule has 3 aromatic rings. The van der Waals surface area contributed by atoms with E-state index in [-0.39, 0.29) is 24.3 Å². The van der Waals surface area contributed by atoms with E-state index >= 15 is 0 Å². The number of benzene rings is 2. The molecule has 0 spiro atoms. The Morgan fingerprint density at radius 3 is 2.33 bits per heavy atom. The Labute approximate surface area is 181 Å². The first-order valence-corrected chi connectivity index (χ1v) is 10.2. The molecule has 0 aliphatic carbocycles. The van der Waals surface area contributed by atoms with Gasteiger partial charge >= 0.3 is 0 Å². The summed E-state index contributed by atoms with van der Waals surface area (Å²) in [6.07, 6.45) is 1.58. The third kappa shape index (κ3) is 5.10. The highest BCUT2D eigenvalue weighted by atomic mass is 35.5. The summed E-state index contributed by atoms with van der Waals surface area (Å²) in [7, 11) is 0. The molecule has 0 aliphatic heterocycles. The molecule has 3 rings (SSSR count). The molecule has 30 heavy (non-hydrogen) atoms. The van der Waals surface area contributed by atoms with Crippen LogP contribution in [-0.4, -0.2) is 17.9 Å². The average molecular weight is 425 g/mol. The summed E-state index contributed by atoms with van der Waals surface area (Å²) in [4.78, 5) is 28.0. The average Bonchev–Trinajstić information content (AvgIpc) is 3.24. The minimum absolute atomic E-state index is 0.131. The van der Waals surface area contributed by atoms with Crippen LogP contribution in [0.1, 0.15) is 35.5 Å². The number of hydrogen-bond donors (Lipinski definition) is 1. The quantitative estimate of drug-likeness (QED) is 0.564. The number of furan rings is 1. The monoisotopic (exact) mass is 424 g/mol. The minimum atomic E-state index is -0.731. The van der Waals surface area contributed by atoms with Crippen LogP contribution in [0.4, 0.5) is 5.69 Å². The van der Waals surface area contributed by atoms with E-state index < -0.39 is 6.04 Å². The maximum atomic E-state index is 13.6. The van der Waals surface area contributed by atoms with Crippen LogP contribution in [0, 0.1) is 12.8 Å². The molecule has 0 radical (unpaired) electrons. The molecule has 1 aromatic heterocycles. The smallest absolute Gasteiger partial charge is 0.253 e. The lowest BCUT2D eigenvalue weighted by atomic mass is 10.0. The summed E-state index contributed by atoms with van der Waals surface area (Å²) in [6.45, 7) is 6.05. The molecule has 1 N–H and O–H groups in total. The molecule has 2 aromatic carbocycles. The van der Waals surface area contributed by atoms with Crippen molar-refractivity contribution >= 4 is 29.1 Å². The molecule has 0 saturated carbocycles. The van der Waals surface area contributed by atoms with E-state index in [2.05, 4.69) is 5.32 Å². The Bertz CT molecular complexity index is 998. The maximum absolute atomic E-state index is 13.6. The minimum Gasteiger partial charge on any atom is -0.467 e. The lowest BCUT2D eigenvalue weighted by Gasteiger charge is -2.29. The molecule has 6 heteroatoms. The standard InChI is InChI=1S/C24H25ClN2O3/c1-16(2)22(26-23(28)20-8-4-5-9-21(20)25)24(29)27(15-19-7-6-14-30-19)18-12-10-17(3)11-13-18/h4-14,16,22H,15H2,1-3H3,(H,26,28)/t22-/m0/s1. The first kappa shape index (κ1) is 21.7. The Morgan fingerprint density at radius 1 is 1.03 bits per heavy atom. The number of halogens is 1. The third-order valence-corrected chi connectivity index (χ3v) is 5.17. The van der Waals surface area contributed by atoms with Crippen molar-refractivity contribution in [2.24, 2.45) is 5.92 Å². The summed E-state index contributed by atoms with van der Waals surface area (Å²) in [5.74, 6) is -0.0718. The van der Waals surface area contributed by atoms with Crippen molar-refractivity contribution in [3.05, 3.63) is 88.8 Å². The van der Waals surface area contributed by atoms with E-state index in [1.807, 2.05) is 51.1 Å². The molecule has 0 fully saturated rings. The molecule has 0 bridgehead atoms.